The summed E-state index contributed by atoms with van der Waals surface area (Å²) >= 11 is 0. The second-order valence-electron chi connectivity index (χ2n) is 15.6. The van der Waals surface area contributed by atoms with Crippen molar-refractivity contribution < 1.29 is 0 Å². The van der Waals surface area contributed by atoms with Crippen LogP contribution in [0.4, 0.5) is 0 Å². The van der Waals surface area contributed by atoms with Crippen LogP contribution in [0.5, 0.6) is 0 Å². The number of benzene rings is 9. The van der Waals surface area contributed by atoms with E-state index in [9.17, 15) is 0 Å². The van der Waals surface area contributed by atoms with Crippen LogP contribution >= 0.6 is 0 Å². The van der Waals surface area contributed by atoms with Crippen molar-refractivity contribution >= 4 is 43.5 Å². The van der Waals surface area contributed by atoms with E-state index in [1.54, 1.807) is 0 Å². The van der Waals surface area contributed by atoms with Crippen molar-refractivity contribution in [2.24, 2.45) is 0 Å². The van der Waals surface area contributed by atoms with Crippen LogP contribution in [0.1, 0.15) is 22.3 Å². The molecule has 1 spiro atoms. The number of hydrogen-bond donors (Lipinski definition) is 0. The lowest BCUT2D eigenvalue weighted by Crippen LogP contribution is -2.26. The summed E-state index contributed by atoms with van der Waals surface area (Å²) < 4.78 is 2.49. The molecular weight excluding hydrogens is 703 g/mol. The van der Waals surface area contributed by atoms with Gasteiger partial charge in [0.2, 0.25) is 0 Å². The number of rotatable bonds is 3. The maximum Gasteiger partial charge on any atom is 0.162 e. The van der Waals surface area contributed by atoms with E-state index in [1.807, 2.05) is 0 Å². The highest BCUT2D eigenvalue weighted by Gasteiger charge is 2.53. The molecule has 2 aliphatic carbocycles. The molecule has 58 heavy (non-hydrogen) atoms. The highest BCUT2D eigenvalue weighted by Crippen LogP contribution is 2.66. The van der Waals surface area contributed by atoms with Crippen molar-refractivity contribution in [3.8, 4) is 50.6 Å². The first-order valence-electron chi connectivity index (χ1n) is 20.0. The molecule has 0 radical (unpaired) electrons. The molecule has 0 saturated carbocycles. The number of aromatic nitrogens is 3. The van der Waals surface area contributed by atoms with E-state index in [0.717, 1.165) is 38.9 Å². The van der Waals surface area contributed by atoms with Gasteiger partial charge in [-0.15, -0.1) is 0 Å². The zero-order valence-corrected chi connectivity index (χ0v) is 31.4. The molecule has 0 bridgehead atoms. The van der Waals surface area contributed by atoms with Gasteiger partial charge in [-0.3, -0.25) is 4.57 Å². The molecule has 13 rings (SSSR count). The van der Waals surface area contributed by atoms with Crippen LogP contribution in [0.3, 0.4) is 0 Å². The van der Waals surface area contributed by atoms with Gasteiger partial charge in [-0.2, -0.15) is 0 Å². The molecule has 2 heterocycles. The summed E-state index contributed by atoms with van der Waals surface area (Å²) in [6, 6.07) is 72.9. The van der Waals surface area contributed by atoms with Crippen molar-refractivity contribution in [1.82, 2.24) is 14.5 Å². The molecule has 9 aromatic carbocycles. The Kier molecular flexibility index (Phi) is 6.37. The predicted octanol–water partition coefficient (Wildman–Crippen LogP) is 13.6. The summed E-state index contributed by atoms with van der Waals surface area (Å²) in [6.07, 6.45) is 0. The first-order valence-corrected chi connectivity index (χ1v) is 20.0. The number of fused-ring (bicyclic) bond motifs is 18. The molecule has 268 valence electrons. The summed E-state index contributed by atoms with van der Waals surface area (Å²) in [7, 11) is 0. The van der Waals surface area contributed by atoms with Gasteiger partial charge in [0, 0.05) is 27.3 Å². The summed E-state index contributed by atoms with van der Waals surface area (Å²) in [5, 5.41) is 5.96. The zero-order valence-electron chi connectivity index (χ0n) is 31.4. The lowest BCUT2D eigenvalue weighted by Gasteiger charge is -2.31. The third-order valence-electron chi connectivity index (χ3n) is 12.8. The second kappa shape index (κ2) is 11.7. The average molecular weight is 736 g/mol. The summed E-state index contributed by atoms with van der Waals surface area (Å²) in [5.74, 6) is 1.57. The summed E-state index contributed by atoms with van der Waals surface area (Å²) in [5.41, 5.74) is 16.3. The zero-order chi connectivity index (χ0) is 38.0. The van der Waals surface area contributed by atoms with Gasteiger partial charge in [-0.1, -0.05) is 182 Å². The standard InChI is InChI=1S/C55H33N3/c1-2-18-34(19-3-1)35-20-4-7-25-40(35)53-56-47-32-16-11-27-42(47)54(57-53)58-48-33-17-12-28-43(48)50-39-24-6-5-23-38(39)49-41-26-10-15-31-46(41)55(51(49)52(50)58)44-29-13-8-21-36(44)37-22-9-14-30-45(37)55/h1-33H. The molecule has 0 saturated heterocycles. The van der Waals surface area contributed by atoms with Crippen LogP contribution in [0, 0.1) is 0 Å². The molecule has 3 nitrogen and oxygen atoms in total. The fourth-order valence-corrected chi connectivity index (χ4v) is 10.6. The minimum absolute atomic E-state index is 0.570. The summed E-state index contributed by atoms with van der Waals surface area (Å²) in [4.78, 5) is 11.0. The van der Waals surface area contributed by atoms with Gasteiger partial charge in [-0.25, -0.2) is 9.97 Å². The van der Waals surface area contributed by atoms with Gasteiger partial charge in [-0.05, 0) is 79.0 Å². The van der Waals surface area contributed by atoms with E-state index in [4.69, 9.17) is 9.97 Å². The van der Waals surface area contributed by atoms with Crippen molar-refractivity contribution in [3.63, 3.8) is 0 Å². The fourth-order valence-electron chi connectivity index (χ4n) is 10.6. The highest BCUT2D eigenvalue weighted by molar-refractivity contribution is 6.28. The highest BCUT2D eigenvalue weighted by atomic mass is 15.1. The molecule has 11 aromatic rings. The molecule has 2 aliphatic rings. The van der Waals surface area contributed by atoms with Crippen LogP contribution in [0.15, 0.2) is 200 Å². The molecule has 3 heteroatoms. The van der Waals surface area contributed by atoms with Crippen molar-refractivity contribution in [1.29, 1.82) is 0 Å². The monoisotopic (exact) mass is 735 g/mol. The van der Waals surface area contributed by atoms with E-state index in [1.165, 1.54) is 71.6 Å². The van der Waals surface area contributed by atoms with Crippen LogP contribution in [-0.4, -0.2) is 14.5 Å². The van der Waals surface area contributed by atoms with Gasteiger partial charge >= 0.3 is 0 Å². The Morgan fingerprint density at radius 2 is 0.897 bits per heavy atom. The minimum atomic E-state index is -0.570. The number of nitrogens with zero attached hydrogens (tertiary/aromatic N) is 3. The van der Waals surface area contributed by atoms with Crippen molar-refractivity contribution in [2.75, 3.05) is 0 Å². The van der Waals surface area contributed by atoms with Gasteiger partial charge in [0.25, 0.3) is 0 Å². The maximum atomic E-state index is 5.71. The molecule has 0 N–H and O–H groups in total. The largest absolute Gasteiger partial charge is 0.293 e. The van der Waals surface area contributed by atoms with Crippen molar-refractivity contribution in [3.05, 3.63) is 222 Å². The Labute approximate surface area is 335 Å². The lowest BCUT2D eigenvalue weighted by atomic mass is 9.70. The second-order valence-corrected chi connectivity index (χ2v) is 15.6. The third kappa shape index (κ3) is 3.97. The van der Waals surface area contributed by atoms with Gasteiger partial charge in [0.1, 0.15) is 5.82 Å². The molecule has 0 aliphatic heterocycles. The molecule has 0 fully saturated rings. The summed E-state index contributed by atoms with van der Waals surface area (Å²) in [6.45, 7) is 0. The van der Waals surface area contributed by atoms with E-state index >= 15 is 0 Å². The fraction of sp³-hybridized carbons (Fsp3) is 0.0182. The van der Waals surface area contributed by atoms with E-state index in [-0.39, 0.29) is 0 Å². The molecule has 0 atom stereocenters. The smallest absolute Gasteiger partial charge is 0.162 e. The Bertz CT molecular complexity index is 3480. The first kappa shape index (κ1) is 31.6. The maximum absolute atomic E-state index is 5.71. The Morgan fingerprint density at radius 1 is 0.379 bits per heavy atom. The Balaban J connectivity index is 1.27. The average Bonchev–Trinajstić information content (AvgIpc) is 3.91. The van der Waals surface area contributed by atoms with Crippen molar-refractivity contribution in [2.45, 2.75) is 5.41 Å². The lowest BCUT2D eigenvalue weighted by molar-refractivity contribution is 0.797. The van der Waals surface area contributed by atoms with E-state index in [2.05, 4.69) is 205 Å². The van der Waals surface area contributed by atoms with Crippen LogP contribution in [0.2, 0.25) is 0 Å². The minimum Gasteiger partial charge on any atom is -0.293 e. The SMILES string of the molecule is c1ccc(-c2ccccc2-c2nc(-n3c4ccccc4c4c5ccccc5c5c(c43)C3(c4ccccc4-c4ccccc43)c3ccccc3-5)c3ccccc3n2)cc1. The van der Waals surface area contributed by atoms with Gasteiger partial charge < -0.3 is 0 Å². The molecule has 0 amide bonds. The molecule has 0 unspecified atom stereocenters. The Morgan fingerprint density at radius 3 is 1.62 bits per heavy atom. The third-order valence-corrected chi connectivity index (χ3v) is 12.8. The first-order chi connectivity index (χ1) is 28.8. The molecule has 2 aromatic heterocycles. The number of para-hydroxylation sites is 2. The normalized spacial score (nSPS) is 13.3. The van der Waals surface area contributed by atoms with E-state index < -0.39 is 5.41 Å². The predicted molar refractivity (Wildman–Crippen MR) is 239 cm³/mol. The molecular formula is C55H33N3. The van der Waals surface area contributed by atoms with Gasteiger partial charge in [0.05, 0.1) is 22.0 Å². The van der Waals surface area contributed by atoms with E-state index in [0.29, 0.717) is 5.82 Å². The van der Waals surface area contributed by atoms with Gasteiger partial charge in [0.15, 0.2) is 5.82 Å². The Hall–Kier alpha value is -7.62. The van der Waals surface area contributed by atoms with Crippen LogP contribution in [0.25, 0.3) is 94.1 Å². The number of hydrogen-bond acceptors (Lipinski definition) is 2. The quantitative estimate of drug-likeness (QED) is 0.181. The van der Waals surface area contributed by atoms with Crippen LogP contribution < -0.4 is 0 Å². The van der Waals surface area contributed by atoms with Crippen LogP contribution in [-0.2, 0) is 5.41 Å². The topological polar surface area (TPSA) is 30.7 Å².